The molecule has 6 heteroatoms. The van der Waals surface area contributed by atoms with Gasteiger partial charge in [-0.3, -0.25) is 9.59 Å². The van der Waals surface area contributed by atoms with Gasteiger partial charge in [0.25, 0.3) is 0 Å². The fraction of sp³-hybridized carbons (Fsp3) is 0.259. The second-order valence-electron chi connectivity index (χ2n) is 7.95. The van der Waals surface area contributed by atoms with E-state index in [9.17, 15) is 9.59 Å². The number of carbonyl (C=O) groups excluding carboxylic acids is 2. The fourth-order valence-corrected chi connectivity index (χ4v) is 4.11. The predicted molar refractivity (Wildman–Crippen MR) is 137 cm³/mol. The van der Waals surface area contributed by atoms with E-state index in [-0.39, 0.29) is 18.2 Å². The van der Waals surface area contributed by atoms with Gasteiger partial charge < -0.3 is 10.2 Å². The molecule has 3 rings (SSSR count). The summed E-state index contributed by atoms with van der Waals surface area (Å²) in [6.07, 6.45) is 1.44. The molecule has 1 N–H and O–H groups in total. The van der Waals surface area contributed by atoms with Crippen molar-refractivity contribution in [2.45, 2.75) is 38.8 Å². The van der Waals surface area contributed by atoms with Crippen LogP contribution in [-0.4, -0.2) is 29.3 Å². The molecule has 3 aromatic carbocycles. The van der Waals surface area contributed by atoms with E-state index in [4.69, 9.17) is 11.6 Å². The number of rotatable bonds is 10. The normalized spacial score (nSPS) is 11.6. The van der Waals surface area contributed by atoms with Gasteiger partial charge in [-0.25, -0.2) is 0 Å². The van der Waals surface area contributed by atoms with Crippen molar-refractivity contribution >= 4 is 39.3 Å². The molecule has 1 atom stereocenters. The summed E-state index contributed by atoms with van der Waals surface area (Å²) in [7, 11) is 0. The summed E-state index contributed by atoms with van der Waals surface area (Å²) in [6, 6.07) is 24.3. The maximum absolute atomic E-state index is 13.6. The Morgan fingerprint density at radius 2 is 1.64 bits per heavy atom. The molecule has 0 unspecified atom stereocenters. The van der Waals surface area contributed by atoms with Crippen LogP contribution >= 0.6 is 27.5 Å². The first kappa shape index (κ1) is 25.0. The molecule has 0 fully saturated rings. The first-order valence-electron chi connectivity index (χ1n) is 11.1. The van der Waals surface area contributed by atoms with E-state index in [1.807, 2.05) is 73.7 Å². The molecule has 0 saturated carbocycles. The van der Waals surface area contributed by atoms with E-state index in [2.05, 4.69) is 21.2 Å². The van der Waals surface area contributed by atoms with Crippen LogP contribution in [0.1, 0.15) is 30.0 Å². The monoisotopic (exact) mass is 526 g/mol. The SMILES string of the molecule is CCCNC(=O)[C@@H](Cc1ccccc1)N(Cc1ccc(Br)cc1)C(=O)Cc1cccc(Cl)c1. The van der Waals surface area contributed by atoms with Gasteiger partial charge in [-0.05, 0) is 47.4 Å². The highest BCUT2D eigenvalue weighted by Crippen LogP contribution is 2.19. The van der Waals surface area contributed by atoms with Gasteiger partial charge in [0.1, 0.15) is 6.04 Å². The zero-order valence-electron chi connectivity index (χ0n) is 18.6. The van der Waals surface area contributed by atoms with Crippen molar-refractivity contribution in [2.24, 2.45) is 0 Å². The lowest BCUT2D eigenvalue weighted by Gasteiger charge is -2.31. The number of carbonyl (C=O) groups is 2. The van der Waals surface area contributed by atoms with E-state index >= 15 is 0 Å². The lowest BCUT2D eigenvalue weighted by molar-refractivity contribution is -0.140. The Hall–Kier alpha value is -2.63. The smallest absolute Gasteiger partial charge is 0.243 e. The maximum atomic E-state index is 13.6. The van der Waals surface area contributed by atoms with Crippen molar-refractivity contribution in [1.82, 2.24) is 10.2 Å². The lowest BCUT2D eigenvalue weighted by Crippen LogP contribution is -2.51. The van der Waals surface area contributed by atoms with Gasteiger partial charge in [-0.2, -0.15) is 0 Å². The van der Waals surface area contributed by atoms with Crippen molar-refractivity contribution in [3.63, 3.8) is 0 Å². The number of nitrogens with one attached hydrogen (secondary N) is 1. The Morgan fingerprint density at radius 1 is 0.939 bits per heavy atom. The molecule has 0 aliphatic carbocycles. The first-order chi connectivity index (χ1) is 16.0. The van der Waals surface area contributed by atoms with E-state index in [0.29, 0.717) is 24.5 Å². The summed E-state index contributed by atoms with van der Waals surface area (Å²) in [5, 5.41) is 3.58. The molecule has 0 saturated heterocycles. The standard InChI is InChI=1S/C27H28BrClN2O2/c1-2-15-30-27(33)25(17-20-7-4-3-5-8-20)31(19-21-11-13-23(28)14-12-21)26(32)18-22-9-6-10-24(29)16-22/h3-14,16,25H,2,15,17-19H2,1H3,(H,30,33)/t25-/m1/s1. The van der Waals surface area contributed by atoms with Crippen LogP contribution in [0, 0.1) is 0 Å². The predicted octanol–water partition coefficient (Wildman–Crippen LogP) is 5.81. The summed E-state index contributed by atoms with van der Waals surface area (Å²) in [5.74, 6) is -0.259. The van der Waals surface area contributed by atoms with Gasteiger partial charge in [-0.15, -0.1) is 0 Å². The largest absolute Gasteiger partial charge is 0.354 e. The molecule has 2 amide bonds. The molecule has 0 heterocycles. The van der Waals surface area contributed by atoms with Crippen LogP contribution in [0.2, 0.25) is 5.02 Å². The van der Waals surface area contributed by atoms with Crippen molar-refractivity contribution in [3.8, 4) is 0 Å². The van der Waals surface area contributed by atoms with Gasteiger partial charge in [0, 0.05) is 29.0 Å². The lowest BCUT2D eigenvalue weighted by atomic mass is 10.0. The van der Waals surface area contributed by atoms with Crippen molar-refractivity contribution in [1.29, 1.82) is 0 Å². The molecule has 0 aliphatic heterocycles. The Morgan fingerprint density at radius 3 is 2.30 bits per heavy atom. The molecular formula is C27H28BrClN2O2. The minimum atomic E-state index is -0.630. The van der Waals surface area contributed by atoms with Gasteiger partial charge >= 0.3 is 0 Å². The molecule has 172 valence electrons. The van der Waals surface area contributed by atoms with Gasteiger partial charge in [0.15, 0.2) is 0 Å². The minimum absolute atomic E-state index is 0.118. The molecule has 4 nitrogen and oxygen atoms in total. The average molecular weight is 528 g/mol. The minimum Gasteiger partial charge on any atom is -0.354 e. The van der Waals surface area contributed by atoms with Crippen LogP contribution in [-0.2, 0) is 29.0 Å². The summed E-state index contributed by atoms with van der Waals surface area (Å²) in [5.41, 5.74) is 2.78. The van der Waals surface area contributed by atoms with Crippen LogP contribution < -0.4 is 5.32 Å². The van der Waals surface area contributed by atoms with E-state index in [1.165, 1.54) is 0 Å². The number of hydrogen-bond acceptors (Lipinski definition) is 2. The summed E-state index contributed by atoms with van der Waals surface area (Å²) in [4.78, 5) is 28.6. The van der Waals surface area contributed by atoms with Crippen molar-refractivity contribution < 1.29 is 9.59 Å². The third kappa shape index (κ3) is 7.72. The Labute approximate surface area is 209 Å². The van der Waals surface area contributed by atoms with E-state index in [1.54, 1.807) is 17.0 Å². The summed E-state index contributed by atoms with van der Waals surface area (Å²) >= 11 is 9.60. The van der Waals surface area contributed by atoms with Gasteiger partial charge in [0.2, 0.25) is 11.8 Å². The van der Waals surface area contributed by atoms with Crippen LogP contribution in [0.3, 0.4) is 0 Å². The van der Waals surface area contributed by atoms with Crippen LogP contribution in [0.25, 0.3) is 0 Å². The highest BCUT2D eigenvalue weighted by Gasteiger charge is 2.30. The third-order valence-electron chi connectivity index (χ3n) is 5.33. The topological polar surface area (TPSA) is 49.4 Å². The number of hydrogen-bond donors (Lipinski definition) is 1. The van der Waals surface area contributed by atoms with E-state index < -0.39 is 6.04 Å². The maximum Gasteiger partial charge on any atom is 0.243 e. The summed E-state index contributed by atoms with van der Waals surface area (Å²) < 4.78 is 0.963. The van der Waals surface area contributed by atoms with E-state index in [0.717, 1.165) is 27.6 Å². The number of amides is 2. The zero-order valence-corrected chi connectivity index (χ0v) is 21.0. The molecule has 0 radical (unpaired) electrons. The Kier molecular flexibility index (Phi) is 9.52. The zero-order chi connectivity index (χ0) is 23.6. The molecule has 0 aromatic heterocycles. The summed E-state index contributed by atoms with van der Waals surface area (Å²) in [6.45, 7) is 2.92. The highest BCUT2D eigenvalue weighted by atomic mass is 79.9. The van der Waals surface area contributed by atoms with Gasteiger partial charge in [0.05, 0.1) is 6.42 Å². The molecule has 3 aromatic rings. The second kappa shape index (κ2) is 12.6. The van der Waals surface area contributed by atoms with Gasteiger partial charge in [-0.1, -0.05) is 89.1 Å². The first-order valence-corrected chi connectivity index (χ1v) is 12.2. The number of nitrogens with zero attached hydrogens (tertiary/aromatic N) is 1. The highest BCUT2D eigenvalue weighted by molar-refractivity contribution is 9.10. The van der Waals surface area contributed by atoms with Crippen molar-refractivity contribution in [3.05, 3.63) is 105 Å². The quantitative estimate of drug-likeness (QED) is 0.362. The Bertz CT molecular complexity index is 1060. The molecule has 0 aliphatic rings. The van der Waals surface area contributed by atoms with Crippen molar-refractivity contribution in [2.75, 3.05) is 6.54 Å². The number of halogens is 2. The molecular weight excluding hydrogens is 500 g/mol. The number of benzene rings is 3. The van der Waals surface area contributed by atoms with Crippen LogP contribution in [0.5, 0.6) is 0 Å². The third-order valence-corrected chi connectivity index (χ3v) is 6.09. The Balaban J connectivity index is 1.94. The fourth-order valence-electron chi connectivity index (χ4n) is 3.63. The molecule has 0 bridgehead atoms. The van der Waals surface area contributed by atoms with Crippen LogP contribution in [0.15, 0.2) is 83.3 Å². The van der Waals surface area contributed by atoms with Crippen LogP contribution in [0.4, 0.5) is 0 Å². The second-order valence-corrected chi connectivity index (χ2v) is 9.30. The molecule has 33 heavy (non-hydrogen) atoms. The average Bonchev–Trinajstić information content (AvgIpc) is 2.81. The molecule has 0 spiro atoms.